The molecule has 0 unspecified atom stereocenters. The van der Waals surface area contributed by atoms with Gasteiger partial charge in [0, 0.05) is 23.3 Å². The zero-order chi connectivity index (χ0) is 14.3. The van der Waals surface area contributed by atoms with Crippen LogP contribution in [0.4, 0.5) is 0 Å². The van der Waals surface area contributed by atoms with E-state index in [1.807, 2.05) is 42.3 Å². The van der Waals surface area contributed by atoms with Crippen LogP contribution in [0.25, 0.3) is 5.57 Å². The van der Waals surface area contributed by atoms with E-state index < -0.39 is 10.0 Å². The molecule has 0 fully saturated rings. The van der Waals surface area contributed by atoms with Crippen LogP contribution >= 0.6 is 11.6 Å². The molecule has 1 aromatic carbocycles. The van der Waals surface area contributed by atoms with E-state index in [1.165, 1.54) is 0 Å². The highest BCUT2D eigenvalue weighted by Crippen LogP contribution is 2.28. The van der Waals surface area contributed by atoms with Gasteiger partial charge in [-0.1, -0.05) is 17.7 Å². The molecule has 1 aromatic rings. The molecule has 2 aliphatic heterocycles. The van der Waals surface area contributed by atoms with Crippen molar-refractivity contribution in [3.05, 3.63) is 52.7 Å². The number of nitrogens with zero attached hydrogens (tertiary/aromatic N) is 2. The molecule has 20 heavy (non-hydrogen) atoms. The molecule has 0 atom stereocenters. The lowest BCUT2D eigenvalue weighted by Crippen LogP contribution is -2.37. The molecule has 0 radical (unpaired) electrons. The first-order chi connectivity index (χ1) is 9.46. The SMILES string of the molecule is Cc1cc(Cl)ccc1C1=CC=CN2CCS(=O)(=O)N=C12. The van der Waals surface area contributed by atoms with Gasteiger partial charge in [-0.15, -0.1) is 4.40 Å². The largest absolute Gasteiger partial charge is 0.331 e. The Balaban J connectivity index is 2.15. The monoisotopic (exact) mass is 308 g/mol. The molecule has 0 N–H and O–H groups in total. The minimum atomic E-state index is -3.37. The number of benzene rings is 1. The first-order valence-corrected chi connectivity index (χ1v) is 8.20. The summed E-state index contributed by atoms with van der Waals surface area (Å²) in [6, 6.07) is 5.55. The molecule has 0 aromatic heterocycles. The first-order valence-electron chi connectivity index (χ1n) is 6.21. The van der Waals surface area contributed by atoms with Crippen LogP contribution in [-0.4, -0.2) is 31.5 Å². The number of sulfonamides is 1. The number of aryl methyl sites for hydroxylation is 1. The summed E-state index contributed by atoms with van der Waals surface area (Å²) in [5.41, 5.74) is 2.74. The summed E-state index contributed by atoms with van der Waals surface area (Å²) in [4.78, 5) is 1.87. The van der Waals surface area contributed by atoms with Gasteiger partial charge >= 0.3 is 0 Å². The summed E-state index contributed by atoms with van der Waals surface area (Å²) < 4.78 is 27.4. The van der Waals surface area contributed by atoms with E-state index in [4.69, 9.17) is 11.6 Å². The van der Waals surface area contributed by atoms with E-state index in [1.54, 1.807) is 6.07 Å². The van der Waals surface area contributed by atoms with E-state index >= 15 is 0 Å². The summed E-state index contributed by atoms with van der Waals surface area (Å²) in [7, 11) is -3.37. The fraction of sp³-hybridized carbons (Fsp3) is 0.214. The molecule has 6 heteroatoms. The van der Waals surface area contributed by atoms with Crippen LogP contribution in [0.1, 0.15) is 11.1 Å². The zero-order valence-corrected chi connectivity index (χ0v) is 12.4. The van der Waals surface area contributed by atoms with Crippen LogP contribution < -0.4 is 0 Å². The number of hydrogen-bond donors (Lipinski definition) is 0. The minimum Gasteiger partial charge on any atom is -0.331 e. The molecule has 0 saturated carbocycles. The molecule has 0 aliphatic carbocycles. The van der Waals surface area contributed by atoms with Crippen molar-refractivity contribution >= 4 is 33.0 Å². The predicted octanol–water partition coefficient (Wildman–Crippen LogP) is 2.60. The maximum atomic E-state index is 11.7. The van der Waals surface area contributed by atoms with Crippen LogP contribution in [0.5, 0.6) is 0 Å². The Morgan fingerprint density at radius 1 is 1.35 bits per heavy atom. The maximum absolute atomic E-state index is 11.7. The van der Waals surface area contributed by atoms with Crippen LogP contribution in [0.2, 0.25) is 5.02 Å². The average molecular weight is 309 g/mol. The van der Waals surface area contributed by atoms with Crippen molar-refractivity contribution < 1.29 is 8.42 Å². The summed E-state index contributed by atoms with van der Waals surface area (Å²) in [6.07, 6.45) is 5.63. The molecule has 0 spiro atoms. The normalized spacial score (nSPS) is 20.2. The van der Waals surface area contributed by atoms with E-state index in [9.17, 15) is 8.42 Å². The van der Waals surface area contributed by atoms with Gasteiger partial charge in [-0.2, -0.15) is 0 Å². The van der Waals surface area contributed by atoms with Crippen LogP contribution in [-0.2, 0) is 10.0 Å². The lowest BCUT2D eigenvalue weighted by atomic mass is 9.97. The predicted molar refractivity (Wildman–Crippen MR) is 81.2 cm³/mol. The van der Waals surface area contributed by atoms with Crippen molar-refractivity contribution in [2.45, 2.75) is 6.92 Å². The van der Waals surface area contributed by atoms with Crippen molar-refractivity contribution in [1.29, 1.82) is 0 Å². The van der Waals surface area contributed by atoms with Gasteiger partial charge < -0.3 is 4.90 Å². The standard InChI is InChI=1S/C14H13ClN2O2S/c1-10-9-11(15)4-5-12(10)13-3-2-6-17-7-8-20(18,19)16-14(13)17/h2-6,9H,7-8H2,1H3. The summed E-state index contributed by atoms with van der Waals surface area (Å²) in [5, 5.41) is 0.660. The third-order valence-corrected chi connectivity index (χ3v) is 4.72. The highest BCUT2D eigenvalue weighted by Gasteiger charge is 2.27. The molecule has 0 bridgehead atoms. The highest BCUT2D eigenvalue weighted by molar-refractivity contribution is 7.90. The molecule has 104 valence electrons. The number of amidine groups is 1. The Bertz CT molecular complexity index is 763. The molecule has 3 rings (SSSR count). The molecule has 2 heterocycles. The van der Waals surface area contributed by atoms with Gasteiger partial charge in [0.1, 0.15) is 0 Å². The maximum Gasteiger partial charge on any atom is 0.256 e. The van der Waals surface area contributed by atoms with Crippen molar-refractivity contribution in [2.24, 2.45) is 4.40 Å². The second-order valence-corrected chi connectivity index (χ2v) is 6.97. The average Bonchev–Trinajstić information content (AvgIpc) is 2.38. The van der Waals surface area contributed by atoms with E-state index in [2.05, 4.69) is 4.40 Å². The Morgan fingerprint density at radius 2 is 2.15 bits per heavy atom. The van der Waals surface area contributed by atoms with Gasteiger partial charge in [0.25, 0.3) is 10.0 Å². The van der Waals surface area contributed by atoms with Crippen molar-refractivity contribution in [3.8, 4) is 0 Å². The number of hydrogen-bond acceptors (Lipinski definition) is 3. The van der Waals surface area contributed by atoms with Crippen LogP contribution in [0, 0.1) is 6.92 Å². The highest BCUT2D eigenvalue weighted by atomic mass is 35.5. The zero-order valence-electron chi connectivity index (χ0n) is 10.9. The smallest absolute Gasteiger partial charge is 0.256 e. The van der Waals surface area contributed by atoms with E-state index in [0.29, 0.717) is 17.4 Å². The van der Waals surface area contributed by atoms with Crippen molar-refractivity contribution in [1.82, 2.24) is 4.90 Å². The topological polar surface area (TPSA) is 49.7 Å². The molecule has 0 amide bonds. The van der Waals surface area contributed by atoms with Crippen LogP contribution in [0.15, 0.2) is 40.9 Å². The fourth-order valence-electron chi connectivity index (χ4n) is 2.36. The first kappa shape index (κ1) is 13.4. The van der Waals surface area contributed by atoms with E-state index in [-0.39, 0.29) is 5.75 Å². The molecular weight excluding hydrogens is 296 g/mol. The number of allylic oxidation sites excluding steroid dienone is 2. The lowest BCUT2D eigenvalue weighted by Gasteiger charge is -2.29. The van der Waals surface area contributed by atoms with Gasteiger partial charge in [-0.25, -0.2) is 8.42 Å². The number of fused-ring (bicyclic) bond motifs is 1. The summed E-state index contributed by atoms with van der Waals surface area (Å²) >= 11 is 5.97. The van der Waals surface area contributed by atoms with Gasteiger partial charge in [0.05, 0.1) is 5.75 Å². The third-order valence-electron chi connectivity index (χ3n) is 3.34. The number of halogens is 1. The molecule has 4 nitrogen and oxygen atoms in total. The second kappa shape index (κ2) is 4.75. The quantitative estimate of drug-likeness (QED) is 0.801. The van der Waals surface area contributed by atoms with Crippen molar-refractivity contribution in [2.75, 3.05) is 12.3 Å². The Hall–Kier alpha value is -1.59. The number of rotatable bonds is 1. The Kier molecular flexibility index (Phi) is 3.18. The molecule has 2 aliphatic rings. The molecule has 0 saturated heterocycles. The summed E-state index contributed by atoms with van der Waals surface area (Å²) in [6.45, 7) is 2.38. The van der Waals surface area contributed by atoms with Gasteiger partial charge in [0.2, 0.25) is 0 Å². The molecular formula is C14H13ClN2O2S. The summed E-state index contributed by atoms with van der Waals surface area (Å²) in [5.74, 6) is 0.539. The lowest BCUT2D eigenvalue weighted by molar-refractivity contribution is 0.550. The van der Waals surface area contributed by atoms with Gasteiger partial charge in [-0.05, 0) is 42.3 Å². The minimum absolute atomic E-state index is 0.0493. The second-order valence-electron chi connectivity index (χ2n) is 4.78. The van der Waals surface area contributed by atoms with Crippen molar-refractivity contribution in [3.63, 3.8) is 0 Å². The Morgan fingerprint density at radius 3 is 2.90 bits per heavy atom. The fourth-order valence-corrected chi connectivity index (χ4v) is 3.57. The third kappa shape index (κ3) is 2.39. The van der Waals surface area contributed by atoms with Gasteiger partial charge in [-0.3, -0.25) is 0 Å². The van der Waals surface area contributed by atoms with Gasteiger partial charge in [0.15, 0.2) is 5.84 Å². The van der Waals surface area contributed by atoms with E-state index in [0.717, 1.165) is 16.7 Å². The Labute approximate surface area is 123 Å². The van der Waals surface area contributed by atoms with Crippen LogP contribution in [0.3, 0.4) is 0 Å².